The van der Waals surface area contributed by atoms with Crippen molar-refractivity contribution in [2.24, 2.45) is 5.92 Å². The Bertz CT molecular complexity index is 1230. The molecule has 2 unspecified atom stereocenters. The molecule has 2 aliphatic rings. The molecule has 0 spiro atoms. The first-order valence-corrected chi connectivity index (χ1v) is 12.5. The van der Waals surface area contributed by atoms with E-state index in [1.165, 1.54) is 11.6 Å². The molecule has 2 aliphatic heterocycles. The predicted octanol–water partition coefficient (Wildman–Crippen LogP) is 5.26. The smallest absolute Gasteiger partial charge is 0.416 e. The van der Waals surface area contributed by atoms with Gasteiger partial charge in [0.2, 0.25) is 5.91 Å². The van der Waals surface area contributed by atoms with Crippen molar-refractivity contribution in [3.63, 3.8) is 0 Å². The molecule has 0 radical (unpaired) electrons. The Morgan fingerprint density at radius 3 is 2.49 bits per heavy atom. The van der Waals surface area contributed by atoms with Crippen LogP contribution in [0.5, 0.6) is 5.75 Å². The molecular formula is C29H30F3N3O2. The number of methoxy groups -OCH3 is 1. The maximum absolute atomic E-state index is 13.5. The minimum Gasteiger partial charge on any atom is -0.497 e. The maximum Gasteiger partial charge on any atom is 0.416 e. The summed E-state index contributed by atoms with van der Waals surface area (Å²) >= 11 is 0. The Hall–Kier alpha value is -3.52. The summed E-state index contributed by atoms with van der Waals surface area (Å²) in [4.78, 5) is 18.0. The SMILES string of the molecule is COc1ccc(NC(=O)C2Cc3cc(C(F)(F)F)ccc3N3CCN(CCc4ccccc4)CC23)cc1. The molecule has 37 heavy (non-hydrogen) atoms. The fraction of sp³-hybridized carbons (Fsp3) is 0.345. The topological polar surface area (TPSA) is 44.8 Å². The fourth-order valence-electron chi connectivity index (χ4n) is 5.40. The number of carbonyl (C=O) groups is 1. The van der Waals surface area contributed by atoms with E-state index in [0.717, 1.165) is 31.3 Å². The Balaban J connectivity index is 1.39. The van der Waals surface area contributed by atoms with Gasteiger partial charge in [-0.1, -0.05) is 30.3 Å². The number of amides is 1. The van der Waals surface area contributed by atoms with Crippen LogP contribution in [0.3, 0.4) is 0 Å². The molecule has 1 N–H and O–H groups in total. The number of rotatable bonds is 6. The quantitative estimate of drug-likeness (QED) is 0.493. The molecule has 2 atom stereocenters. The lowest BCUT2D eigenvalue weighted by Gasteiger charge is -2.49. The molecule has 1 fully saturated rings. The van der Waals surface area contributed by atoms with Gasteiger partial charge in [-0.05, 0) is 66.4 Å². The van der Waals surface area contributed by atoms with E-state index in [0.29, 0.717) is 30.1 Å². The van der Waals surface area contributed by atoms with E-state index in [4.69, 9.17) is 4.74 Å². The lowest BCUT2D eigenvalue weighted by molar-refractivity contribution is -0.137. The number of piperazine rings is 1. The van der Waals surface area contributed by atoms with Crippen LogP contribution >= 0.6 is 0 Å². The summed E-state index contributed by atoms with van der Waals surface area (Å²) in [6.45, 7) is 2.98. The van der Waals surface area contributed by atoms with Gasteiger partial charge in [-0.3, -0.25) is 9.69 Å². The number of hydrogen-bond acceptors (Lipinski definition) is 4. The molecule has 0 bridgehead atoms. The number of ether oxygens (including phenoxy) is 1. The Morgan fingerprint density at radius 2 is 1.78 bits per heavy atom. The average Bonchev–Trinajstić information content (AvgIpc) is 2.91. The normalized spacial score (nSPS) is 19.6. The van der Waals surface area contributed by atoms with E-state index in [1.54, 1.807) is 37.4 Å². The Labute approximate surface area is 214 Å². The van der Waals surface area contributed by atoms with Gasteiger partial charge in [0.05, 0.1) is 24.6 Å². The largest absolute Gasteiger partial charge is 0.497 e. The van der Waals surface area contributed by atoms with Crippen LogP contribution < -0.4 is 15.0 Å². The molecule has 0 aliphatic carbocycles. The van der Waals surface area contributed by atoms with Crippen LogP contribution in [0.4, 0.5) is 24.5 Å². The van der Waals surface area contributed by atoms with Gasteiger partial charge in [0.15, 0.2) is 0 Å². The third-order valence-electron chi connectivity index (χ3n) is 7.38. The van der Waals surface area contributed by atoms with Gasteiger partial charge >= 0.3 is 6.18 Å². The molecule has 5 nitrogen and oxygen atoms in total. The molecule has 2 heterocycles. The summed E-state index contributed by atoms with van der Waals surface area (Å²) in [5.74, 6) is 0.00235. The fourth-order valence-corrected chi connectivity index (χ4v) is 5.40. The van der Waals surface area contributed by atoms with Crippen molar-refractivity contribution >= 4 is 17.3 Å². The number of halogens is 3. The zero-order valence-electron chi connectivity index (χ0n) is 20.7. The van der Waals surface area contributed by atoms with Gasteiger partial charge in [0.25, 0.3) is 0 Å². The van der Waals surface area contributed by atoms with Crippen molar-refractivity contribution in [2.45, 2.75) is 25.1 Å². The van der Waals surface area contributed by atoms with E-state index in [1.807, 2.05) is 18.2 Å². The monoisotopic (exact) mass is 509 g/mol. The van der Waals surface area contributed by atoms with E-state index in [9.17, 15) is 18.0 Å². The van der Waals surface area contributed by atoms with Gasteiger partial charge < -0.3 is 15.0 Å². The molecule has 1 amide bonds. The number of nitrogens with zero attached hydrogens (tertiary/aromatic N) is 2. The third-order valence-corrected chi connectivity index (χ3v) is 7.38. The molecular weight excluding hydrogens is 479 g/mol. The minimum atomic E-state index is -4.43. The molecule has 0 saturated carbocycles. The summed E-state index contributed by atoms with van der Waals surface area (Å²) in [6.07, 6.45) is -3.26. The number of anilines is 2. The highest BCUT2D eigenvalue weighted by Crippen LogP contribution is 2.40. The minimum absolute atomic E-state index is 0.132. The van der Waals surface area contributed by atoms with Crippen LogP contribution in [-0.2, 0) is 23.8 Å². The van der Waals surface area contributed by atoms with Crippen LogP contribution in [0.1, 0.15) is 16.7 Å². The molecule has 3 aromatic carbocycles. The highest BCUT2D eigenvalue weighted by Gasteiger charge is 2.42. The second-order valence-corrected chi connectivity index (χ2v) is 9.67. The van der Waals surface area contributed by atoms with Crippen molar-refractivity contribution in [1.29, 1.82) is 0 Å². The molecule has 8 heteroatoms. The summed E-state index contributed by atoms with van der Waals surface area (Å²) in [7, 11) is 1.57. The van der Waals surface area contributed by atoms with E-state index in [-0.39, 0.29) is 18.4 Å². The van der Waals surface area contributed by atoms with Crippen LogP contribution in [0, 0.1) is 5.92 Å². The predicted molar refractivity (Wildman–Crippen MR) is 138 cm³/mol. The molecule has 3 aromatic rings. The Kier molecular flexibility index (Phi) is 7.11. The molecule has 194 valence electrons. The molecule has 5 rings (SSSR count). The van der Waals surface area contributed by atoms with Crippen LogP contribution in [0.2, 0.25) is 0 Å². The number of hydrogen-bond donors (Lipinski definition) is 1. The van der Waals surface area contributed by atoms with Gasteiger partial charge in [0.1, 0.15) is 5.75 Å². The summed E-state index contributed by atoms with van der Waals surface area (Å²) < 4.78 is 45.6. The lowest BCUT2D eigenvalue weighted by atomic mass is 9.82. The lowest BCUT2D eigenvalue weighted by Crippen LogP contribution is -2.60. The first-order valence-electron chi connectivity index (χ1n) is 12.5. The van der Waals surface area contributed by atoms with Crippen molar-refractivity contribution in [3.8, 4) is 5.75 Å². The third kappa shape index (κ3) is 5.59. The van der Waals surface area contributed by atoms with E-state index in [2.05, 4.69) is 27.2 Å². The summed E-state index contributed by atoms with van der Waals surface area (Å²) in [5, 5.41) is 2.98. The first kappa shape index (κ1) is 25.1. The number of alkyl halides is 3. The zero-order valence-corrected chi connectivity index (χ0v) is 20.7. The summed E-state index contributed by atoms with van der Waals surface area (Å²) in [6, 6.07) is 21.1. The first-order chi connectivity index (χ1) is 17.8. The van der Waals surface area contributed by atoms with Gasteiger partial charge in [-0.2, -0.15) is 13.2 Å². The second-order valence-electron chi connectivity index (χ2n) is 9.67. The highest BCUT2D eigenvalue weighted by molar-refractivity contribution is 5.94. The van der Waals surface area contributed by atoms with Crippen LogP contribution in [0.15, 0.2) is 72.8 Å². The number of fused-ring (bicyclic) bond motifs is 3. The van der Waals surface area contributed by atoms with E-state index < -0.39 is 17.7 Å². The average molecular weight is 510 g/mol. The van der Waals surface area contributed by atoms with Crippen LogP contribution in [0.25, 0.3) is 0 Å². The van der Waals surface area contributed by atoms with Crippen molar-refractivity contribution < 1.29 is 22.7 Å². The maximum atomic E-state index is 13.5. The number of nitrogens with one attached hydrogen (secondary N) is 1. The van der Waals surface area contributed by atoms with Crippen molar-refractivity contribution in [1.82, 2.24) is 4.90 Å². The van der Waals surface area contributed by atoms with Gasteiger partial charge in [0, 0.05) is 37.6 Å². The van der Waals surface area contributed by atoms with Crippen molar-refractivity contribution in [2.75, 3.05) is 43.5 Å². The summed E-state index contributed by atoms with van der Waals surface area (Å²) in [5.41, 5.74) is 2.57. The van der Waals surface area contributed by atoms with Gasteiger partial charge in [-0.25, -0.2) is 0 Å². The number of carbonyl (C=O) groups excluding carboxylic acids is 1. The molecule has 0 aromatic heterocycles. The second kappa shape index (κ2) is 10.5. The van der Waals surface area contributed by atoms with Gasteiger partial charge in [-0.15, -0.1) is 0 Å². The van der Waals surface area contributed by atoms with Crippen LogP contribution in [-0.4, -0.2) is 50.1 Å². The highest BCUT2D eigenvalue weighted by atomic mass is 19.4. The molecule has 1 saturated heterocycles. The zero-order chi connectivity index (χ0) is 26.0. The standard InChI is InChI=1S/C29H30F3N3O2/c1-37-24-10-8-23(9-11-24)33-28(36)25-18-21-17-22(29(30,31)32)7-12-26(21)35-16-15-34(19-27(25)35)14-13-20-5-3-2-4-6-20/h2-12,17,25,27H,13-16,18-19H2,1H3,(H,33,36). The van der Waals surface area contributed by atoms with E-state index >= 15 is 0 Å². The number of benzene rings is 3. The van der Waals surface area contributed by atoms with Crippen molar-refractivity contribution in [3.05, 3.63) is 89.5 Å². The Morgan fingerprint density at radius 1 is 1.03 bits per heavy atom.